The first-order valence-corrected chi connectivity index (χ1v) is 12.4. The molecular weight excluding hydrogens is 466 g/mol. The predicted octanol–water partition coefficient (Wildman–Crippen LogP) is 4.57. The quantitative estimate of drug-likeness (QED) is 0.324. The Bertz CT molecular complexity index is 1380. The molecule has 0 aliphatic rings. The van der Waals surface area contributed by atoms with Gasteiger partial charge in [0.2, 0.25) is 11.8 Å². The molecule has 0 spiro atoms. The first-order chi connectivity index (χ1) is 17.8. The van der Waals surface area contributed by atoms with Gasteiger partial charge in [0.05, 0.1) is 5.52 Å². The topological polar surface area (TPSA) is 97.2 Å². The zero-order valence-electron chi connectivity index (χ0n) is 21.3. The van der Waals surface area contributed by atoms with E-state index in [0.717, 1.165) is 11.9 Å². The standard InChI is InChI=1S/C29H31N5O3/c1-20(2)17-18-30-29(37)28(23-9-5-4-6-10-23)34(24-15-13-22(14-16-24)21(3)35)27(36)19-33-26-12-8-7-11-25(26)31-32-33/h4-16,20,28H,17-19H2,1-3H3,(H,30,37)/t28-/m1/s1. The molecule has 3 aromatic carbocycles. The monoisotopic (exact) mass is 497 g/mol. The number of aromatic nitrogens is 3. The first kappa shape index (κ1) is 25.8. The molecule has 0 bridgehead atoms. The van der Waals surface area contributed by atoms with E-state index in [1.54, 1.807) is 24.3 Å². The number of ketones is 1. The zero-order chi connectivity index (χ0) is 26.4. The lowest BCUT2D eigenvalue weighted by Gasteiger charge is -2.31. The number of hydrogen-bond acceptors (Lipinski definition) is 5. The van der Waals surface area contributed by atoms with E-state index < -0.39 is 6.04 Å². The third kappa shape index (κ3) is 6.09. The molecule has 0 aliphatic carbocycles. The molecule has 2 amide bonds. The van der Waals surface area contributed by atoms with Crippen LogP contribution in [-0.4, -0.2) is 39.1 Å². The van der Waals surface area contributed by atoms with Crippen molar-refractivity contribution in [2.45, 2.75) is 39.8 Å². The second-order valence-electron chi connectivity index (χ2n) is 9.39. The van der Waals surface area contributed by atoms with Gasteiger partial charge in [-0.15, -0.1) is 5.10 Å². The van der Waals surface area contributed by atoms with Gasteiger partial charge in [0.15, 0.2) is 5.78 Å². The summed E-state index contributed by atoms with van der Waals surface area (Å²) in [7, 11) is 0. The molecule has 0 saturated heterocycles. The van der Waals surface area contributed by atoms with Crippen LogP contribution in [-0.2, 0) is 16.1 Å². The average molecular weight is 498 g/mol. The highest BCUT2D eigenvalue weighted by Crippen LogP contribution is 2.29. The van der Waals surface area contributed by atoms with E-state index in [1.807, 2.05) is 54.6 Å². The maximum atomic E-state index is 14.0. The Balaban J connectivity index is 1.76. The second-order valence-corrected chi connectivity index (χ2v) is 9.39. The molecule has 8 nitrogen and oxygen atoms in total. The van der Waals surface area contributed by atoms with Crippen LogP contribution < -0.4 is 10.2 Å². The fourth-order valence-corrected chi connectivity index (χ4v) is 4.17. The maximum Gasteiger partial charge on any atom is 0.249 e. The molecule has 1 atom stereocenters. The third-order valence-electron chi connectivity index (χ3n) is 6.17. The summed E-state index contributed by atoms with van der Waals surface area (Å²) in [5, 5.41) is 11.3. The largest absolute Gasteiger partial charge is 0.354 e. The lowest BCUT2D eigenvalue weighted by Crippen LogP contribution is -2.45. The van der Waals surface area contributed by atoms with Gasteiger partial charge in [0.25, 0.3) is 0 Å². The van der Waals surface area contributed by atoms with Gasteiger partial charge in [-0.25, -0.2) is 4.68 Å². The minimum Gasteiger partial charge on any atom is -0.354 e. The minimum atomic E-state index is -0.918. The number of benzene rings is 3. The predicted molar refractivity (Wildman–Crippen MR) is 143 cm³/mol. The second kappa shape index (κ2) is 11.6. The molecule has 0 unspecified atom stereocenters. The van der Waals surface area contributed by atoms with Crippen molar-refractivity contribution < 1.29 is 14.4 Å². The zero-order valence-corrected chi connectivity index (χ0v) is 21.3. The molecule has 1 heterocycles. The van der Waals surface area contributed by atoms with Crippen molar-refractivity contribution in [1.82, 2.24) is 20.3 Å². The highest BCUT2D eigenvalue weighted by atomic mass is 16.2. The Morgan fingerprint density at radius 3 is 2.27 bits per heavy atom. The van der Waals surface area contributed by atoms with Gasteiger partial charge >= 0.3 is 0 Å². The van der Waals surface area contributed by atoms with Crippen molar-refractivity contribution in [3.8, 4) is 0 Å². The number of fused-ring (bicyclic) bond motifs is 1. The number of Topliss-reactive ketones (excluding diaryl/α,β-unsaturated/α-hetero) is 1. The van der Waals surface area contributed by atoms with E-state index in [1.165, 1.54) is 16.5 Å². The van der Waals surface area contributed by atoms with E-state index >= 15 is 0 Å². The van der Waals surface area contributed by atoms with Crippen LogP contribution >= 0.6 is 0 Å². The Labute approximate surface area is 216 Å². The average Bonchev–Trinajstić information content (AvgIpc) is 3.30. The first-order valence-electron chi connectivity index (χ1n) is 12.4. The van der Waals surface area contributed by atoms with E-state index in [-0.39, 0.29) is 24.1 Å². The molecule has 0 radical (unpaired) electrons. The van der Waals surface area contributed by atoms with Crippen molar-refractivity contribution in [2.24, 2.45) is 5.92 Å². The van der Waals surface area contributed by atoms with Crippen molar-refractivity contribution in [3.63, 3.8) is 0 Å². The molecule has 1 N–H and O–H groups in total. The fraction of sp³-hybridized carbons (Fsp3) is 0.276. The molecule has 190 valence electrons. The molecule has 0 fully saturated rings. The van der Waals surface area contributed by atoms with Crippen LogP contribution in [0.15, 0.2) is 78.9 Å². The van der Waals surface area contributed by atoms with Gasteiger partial charge < -0.3 is 5.32 Å². The summed E-state index contributed by atoms with van der Waals surface area (Å²) < 4.78 is 1.54. The van der Waals surface area contributed by atoms with E-state index in [0.29, 0.717) is 34.8 Å². The van der Waals surface area contributed by atoms with Gasteiger partial charge in [0, 0.05) is 17.8 Å². The van der Waals surface area contributed by atoms with Crippen molar-refractivity contribution in [3.05, 3.63) is 90.0 Å². The minimum absolute atomic E-state index is 0.0791. The lowest BCUT2D eigenvalue weighted by molar-refractivity contribution is -0.127. The molecule has 4 aromatic rings. The smallest absolute Gasteiger partial charge is 0.249 e. The molecule has 8 heteroatoms. The van der Waals surface area contributed by atoms with E-state index in [2.05, 4.69) is 29.5 Å². The van der Waals surface area contributed by atoms with Gasteiger partial charge in [-0.3, -0.25) is 19.3 Å². The molecular formula is C29H31N5O3. The van der Waals surface area contributed by atoms with Crippen LogP contribution in [0.25, 0.3) is 11.0 Å². The fourth-order valence-electron chi connectivity index (χ4n) is 4.17. The highest BCUT2D eigenvalue weighted by molar-refractivity contribution is 6.02. The van der Waals surface area contributed by atoms with Crippen molar-refractivity contribution in [2.75, 3.05) is 11.4 Å². The van der Waals surface area contributed by atoms with Crippen LogP contribution in [0.4, 0.5) is 5.69 Å². The number of carbonyl (C=O) groups is 3. The summed E-state index contributed by atoms with van der Waals surface area (Å²) in [5.41, 5.74) is 3.11. The van der Waals surface area contributed by atoms with Crippen LogP contribution in [0.1, 0.15) is 49.2 Å². The summed E-state index contributed by atoms with van der Waals surface area (Å²) in [6, 6.07) is 22.4. The number of nitrogens with one attached hydrogen (secondary N) is 1. The number of nitrogens with zero attached hydrogens (tertiary/aromatic N) is 4. The Hall–Kier alpha value is -4.33. The van der Waals surface area contributed by atoms with Gasteiger partial charge in [-0.05, 0) is 61.2 Å². The van der Waals surface area contributed by atoms with Crippen molar-refractivity contribution in [1.29, 1.82) is 0 Å². The number of anilines is 1. The molecule has 0 aliphatic heterocycles. The molecule has 37 heavy (non-hydrogen) atoms. The summed E-state index contributed by atoms with van der Waals surface area (Å²) >= 11 is 0. The molecule has 0 saturated carbocycles. The lowest BCUT2D eigenvalue weighted by atomic mass is 10.0. The number of carbonyl (C=O) groups excluding carboxylic acids is 3. The SMILES string of the molecule is CC(=O)c1ccc(N(C(=O)Cn2nnc3ccccc32)[C@@H](C(=O)NCCC(C)C)c2ccccc2)cc1. The summed E-state index contributed by atoms with van der Waals surface area (Å²) in [4.78, 5) is 41.0. The summed E-state index contributed by atoms with van der Waals surface area (Å²) in [6.07, 6.45) is 0.819. The van der Waals surface area contributed by atoms with Gasteiger partial charge in [-0.1, -0.05) is 61.5 Å². The Kier molecular flexibility index (Phi) is 8.08. The summed E-state index contributed by atoms with van der Waals surface area (Å²) in [5.74, 6) is -0.268. The molecule has 4 rings (SSSR count). The van der Waals surface area contributed by atoms with Crippen LogP contribution in [0.3, 0.4) is 0 Å². The normalized spacial score (nSPS) is 11.9. The maximum absolute atomic E-state index is 14.0. The number of rotatable bonds is 10. The van der Waals surface area contributed by atoms with E-state index in [4.69, 9.17) is 0 Å². The third-order valence-corrected chi connectivity index (χ3v) is 6.17. The Morgan fingerprint density at radius 2 is 1.59 bits per heavy atom. The Morgan fingerprint density at radius 1 is 0.919 bits per heavy atom. The molecule has 1 aromatic heterocycles. The number of para-hydroxylation sites is 1. The number of hydrogen-bond donors (Lipinski definition) is 1. The van der Waals surface area contributed by atoms with Gasteiger partial charge in [0.1, 0.15) is 18.1 Å². The van der Waals surface area contributed by atoms with Crippen LogP contribution in [0, 0.1) is 5.92 Å². The van der Waals surface area contributed by atoms with Crippen LogP contribution in [0.2, 0.25) is 0 Å². The summed E-state index contributed by atoms with van der Waals surface area (Å²) in [6.45, 7) is 6.06. The highest BCUT2D eigenvalue weighted by Gasteiger charge is 2.33. The number of amides is 2. The van der Waals surface area contributed by atoms with E-state index in [9.17, 15) is 14.4 Å². The van der Waals surface area contributed by atoms with Crippen LogP contribution in [0.5, 0.6) is 0 Å². The van der Waals surface area contributed by atoms with Gasteiger partial charge in [-0.2, -0.15) is 0 Å². The van der Waals surface area contributed by atoms with Crippen molar-refractivity contribution >= 4 is 34.3 Å².